The van der Waals surface area contributed by atoms with Crippen molar-refractivity contribution < 1.29 is 61.7 Å². The maximum Gasteiger partial charge on any atom is 0.303 e. The molecule has 2 aliphatic heterocycles. The molecule has 0 spiro atoms. The van der Waals surface area contributed by atoms with E-state index in [1.165, 1.54) is 21.0 Å². The molecule has 5 aromatic rings. The highest BCUT2D eigenvalue weighted by Crippen LogP contribution is 2.34. The summed E-state index contributed by atoms with van der Waals surface area (Å²) in [6.45, 7) is 3.60. The Kier molecular flexibility index (Phi) is 18.8. The Hall–Kier alpha value is -5.32. The van der Waals surface area contributed by atoms with E-state index >= 15 is 0 Å². The van der Waals surface area contributed by atoms with E-state index in [-0.39, 0.29) is 46.2 Å². The first-order valence-corrected chi connectivity index (χ1v) is 22.3. The van der Waals surface area contributed by atoms with Crippen molar-refractivity contribution in [2.24, 2.45) is 0 Å². The normalized spacial score (nSPS) is 25.2. The fraction of sp³-hybridized carbons (Fsp3) is 0.396. The van der Waals surface area contributed by atoms with Gasteiger partial charge in [0.1, 0.15) is 55.4 Å². The van der Waals surface area contributed by atoms with Crippen molar-refractivity contribution in [3.8, 4) is 0 Å². The average Bonchev–Trinajstić information content (AvgIpc) is 3.34. The lowest BCUT2D eigenvalue weighted by Gasteiger charge is -2.48. The Morgan fingerprint density at radius 3 is 1.23 bits per heavy atom. The third-order valence-electron chi connectivity index (χ3n) is 11.3. The number of ether oxygens (including phenoxy) is 11. The maximum atomic E-state index is 13.1. The van der Waals surface area contributed by atoms with Crippen LogP contribution >= 0.6 is 0 Å². The van der Waals surface area contributed by atoms with Crippen molar-refractivity contribution in [2.75, 3.05) is 26.9 Å². The van der Waals surface area contributed by atoms with Gasteiger partial charge < -0.3 is 52.1 Å². The van der Waals surface area contributed by atoms with Crippen LogP contribution in [0.4, 0.5) is 0 Å². The zero-order valence-corrected chi connectivity index (χ0v) is 37.7. The quantitative estimate of drug-likeness (QED) is 0.0598. The molecule has 0 saturated carbocycles. The summed E-state index contributed by atoms with van der Waals surface area (Å²) in [7, 11) is 1.52. The first-order chi connectivity index (χ1) is 32.3. The van der Waals surface area contributed by atoms with Crippen LogP contribution in [-0.4, -0.2) is 100 Å². The van der Waals surface area contributed by atoms with Gasteiger partial charge in [0.05, 0.1) is 46.2 Å². The number of methoxy groups -OCH3 is 1. The molecule has 2 aliphatic rings. The van der Waals surface area contributed by atoms with Gasteiger partial charge >= 0.3 is 11.9 Å². The van der Waals surface area contributed by atoms with Crippen molar-refractivity contribution in [1.82, 2.24) is 0 Å². The number of benzene rings is 5. The standard InChI is InChI=1S/C53H60O13/c1-37(54)58-35-45-48(51(61-32-42-25-15-7-16-26-42)52(53(56-3)66-45)62-33-43-27-17-8-18-28-43)63-36-46-49(64-38(2)55)50(60-31-41-23-13-6-14-24-41)47(59-30-40-21-11-5-12-22-40)44(65-46)34-57-29-39-19-9-4-10-20-39/h4-28,44-53H,29-36H2,1-3H3/t44-,45-,46-,47-,48-,49-,50+,51+,52-,53+/m1/s1. The molecular weight excluding hydrogens is 845 g/mol. The van der Waals surface area contributed by atoms with E-state index < -0.39 is 73.2 Å². The van der Waals surface area contributed by atoms with Gasteiger partial charge in [0, 0.05) is 21.0 Å². The Labute approximate surface area is 387 Å². The van der Waals surface area contributed by atoms with Crippen molar-refractivity contribution in [3.05, 3.63) is 179 Å². The molecule has 0 radical (unpaired) electrons. The smallest absolute Gasteiger partial charge is 0.303 e. The number of carbonyl (C=O) groups is 2. The van der Waals surface area contributed by atoms with Crippen LogP contribution < -0.4 is 0 Å². The summed E-state index contributed by atoms with van der Waals surface area (Å²) in [6.07, 6.45) is -8.67. The van der Waals surface area contributed by atoms with Crippen LogP contribution in [0.3, 0.4) is 0 Å². The molecule has 13 nitrogen and oxygen atoms in total. The van der Waals surface area contributed by atoms with E-state index in [1.54, 1.807) is 0 Å². The second-order valence-corrected chi connectivity index (χ2v) is 16.2. The number of esters is 2. The zero-order chi connectivity index (χ0) is 45.9. The highest BCUT2D eigenvalue weighted by molar-refractivity contribution is 5.66. The van der Waals surface area contributed by atoms with Gasteiger partial charge in [-0.05, 0) is 27.8 Å². The van der Waals surface area contributed by atoms with E-state index in [4.69, 9.17) is 52.1 Å². The zero-order valence-electron chi connectivity index (χ0n) is 37.7. The molecule has 7 rings (SSSR count). The Morgan fingerprint density at radius 2 is 0.788 bits per heavy atom. The molecule has 0 N–H and O–H groups in total. The molecule has 5 aromatic carbocycles. The van der Waals surface area contributed by atoms with Gasteiger partial charge in [-0.2, -0.15) is 0 Å². The molecule has 0 aliphatic carbocycles. The fourth-order valence-electron chi connectivity index (χ4n) is 8.09. The van der Waals surface area contributed by atoms with Crippen LogP contribution in [0.1, 0.15) is 41.7 Å². The minimum absolute atomic E-state index is 0.109. The summed E-state index contributed by atoms with van der Waals surface area (Å²) < 4.78 is 71.2. The van der Waals surface area contributed by atoms with Crippen molar-refractivity contribution in [3.63, 3.8) is 0 Å². The number of rotatable bonds is 23. The van der Waals surface area contributed by atoms with E-state index in [1.807, 2.05) is 152 Å². The van der Waals surface area contributed by atoms with E-state index in [2.05, 4.69) is 0 Å². The van der Waals surface area contributed by atoms with Crippen LogP contribution in [0.2, 0.25) is 0 Å². The lowest BCUT2D eigenvalue weighted by atomic mass is 9.93. The van der Waals surface area contributed by atoms with Gasteiger partial charge in [-0.3, -0.25) is 9.59 Å². The molecule has 2 fully saturated rings. The monoisotopic (exact) mass is 904 g/mol. The van der Waals surface area contributed by atoms with Crippen molar-refractivity contribution in [1.29, 1.82) is 0 Å². The molecule has 0 unspecified atom stereocenters. The second-order valence-electron chi connectivity index (χ2n) is 16.2. The Bertz CT molecular complexity index is 2150. The molecule has 2 saturated heterocycles. The molecule has 0 aromatic heterocycles. The van der Waals surface area contributed by atoms with Gasteiger partial charge in [0.15, 0.2) is 12.4 Å². The van der Waals surface area contributed by atoms with E-state index in [9.17, 15) is 9.59 Å². The molecule has 66 heavy (non-hydrogen) atoms. The lowest BCUT2D eigenvalue weighted by molar-refractivity contribution is -0.327. The van der Waals surface area contributed by atoms with Crippen LogP contribution in [0, 0.1) is 0 Å². The van der Waals surface area contributed by atoms with Gasteiger partial charge in [-0.25, -0.2) is 0 Å². The van der Waals surface area contributed by atoms with E-state index in [0.29, 0.717) is 6.61 Å². The Morgan fingerprint density at radius 1 is 0.409 bits per heavy atom. The minimum atomic E-state index is -1.02. The number of hydrogen-bond donors (Lipinski definition) is 0. The van der Waals surface area contributed by atoms with Crippen LogP contribution in [0.25, 0.3) is 0 Å². The summed E-state index contributed by atoms with van der Waals surface area (Å²) in [5, 5.41) is 0. The van der Waals surface area contributed by atoms with Crippen LogP contribution in [-0.2, 0) is 94.7 Å². The third-order valence-corrected chi connectivity index (χ3v) is 11.3. The highest BCUT2D eigenvalue weighted by Gasteiger charge is 2.53. The predicted octanol–water partition coefficient (Wildman–Crippen LogP) is 7.56. The van der Waals surface area contributed by atoms with E-state index in [0.717, 1.165) is 27.8 Å². The average molecular weight is 905 g/mol. The third kappa shape index (κ3) is 14.3. The van der Waals surface area contributed by atoms with Gasteiger partial charge in [-0.1, -0.05) is 152 Å². The van der Waals surface area contributed by atoms with Crippen molar-refractivity contribution in [2.45, 2.75) is 108 Å². The van der Waals surface area contributed by atoms with Crippen LogP contribution in [0.15, 0.2) is 152 Å². The number of hydrogen-bond acceptors (Lipinski definition) is 13. The second kappa shape index (κ2) is 25.6. The molecule has 2 heterocycles. The molecule has 13 heteroatoms. The maximum absolute atomic E-state index is 13.1. The summed E-state index contributed by atoms with van der Waals surface area (Å²) in [5.41, 5.74) is 4.69. The molecule has 10 atom stereocenters. The first-order valence-electron chi connectivity index (χ1n) is 22.3. The Balaban J connectivity index is 1.22. The molecule has 0 bridgehead atoms. The summed E-state index contributed by atoms with van der Waals surface area (Å²) in [5.74, 6) is -1.04. The lowest BCUT2D eigenvalue weighted by Crippen LogP contribution is -2.64. The van der Waals surface area contributed by atoms with Gasteiger partial charge in [-0.15, -0.1) is 0 Å². The topological polar surface area (TPSA) is 136 Å². The summed E-state index contributed by atoms with van der Waals surface area (Å²) in [4.78, 5) is 25.4. The van der Waals surface area contributed by atoms with Gasteiger partial charge in [0.2, 0.25) is 0 Å². The summed E-state index contributed by atoms with van der Waals surface area (Å²) in [6, 6.07) is 48.8. The number of carbonyl (C=O) groups excluding carboxylic acids is 2. The first kappa shape index (κ1) is 48.6. The predicted molar refractivity (Wildman–Crippen MR) is 242 cm³/mol. The fourth-order valence-corrected chi connectivity index (χ4v) is 8.09. The van der Waals surface area contributed by atoms with Crippen LogP contribution in [0.5, 0.6) is 0 Å². The largest absolute Gasteiger partial charge is 0.463 e. The molecular formula is C53H60O13. The van der Waals surface area contributed by atoms with Gasteiger partial charge in [0.25, 0.3) is 0 Å². The summed E-state index contributed by atoms with van der Waals surface area (Å²) >= 11 is 0. The minimum Gasteiger partial charge on any atom is -0.463 e. The van der Waals surface area contributed by atoms with Crippen molar-refractivity contribution >= 4 is 11.9 Å². The molecule has 350 valence electrons. The highest BCUT2D eigenvalue weighted by atomic mass is 16.7. The molecule has 0 amide bonds. The SMILES string of the molecule is CO[C@H]1O[C@H](COC(C)=O)[C@@H](OC[C@H]2O[C@H](COCc3ccccc3)[C@@H](OCc3ccccc3)[C@H](OCc3ccccc3)[C@@H]2OC(C)=O)[C@H](OCc2ccccc2)[C@H]1OCc1ccccc1.